The molecule has 5 nitrogen and oxygen atoms in total. The molecule has 0 aromatic carbocycles. The number of fused-ring (bicyclic) bond motifs is 1. The molecule has 1 fully saturated rings. The highest BCUT2D eigenvalue weighted by Gasteiger charge is 2.23. The number of carbonyl (C=O) groups is 2. The number of hydrogen-bond acceptors (Lipinski definition) is 4. The molecular weight excluding hydrogens is 334 g/mol. The molecule has 0 radical (unpaired) electrons. The van der Waals surface area contributed by atoms with Crippen LogP contribution in [0.2, 0.25) is 0 Å². The van der Waals surface area contributed by atoms with Crippen molar-refractivity contribution in [3.05, 3.63) is 21.4 Å². The highest BCUT2D eigenvalue weighted by molar-refractivity contribution is 7.14. The van der Waals surface area contributed by atoms with E-state index in [1.54, 1.807) is 11.3 Å². The molecule has 1 aromatic rings. The molecule has 25 heavy (non-hydrogen) atoms. The van der Waals surface area contributed by atoms with Crippen molar-refractivity contribution in [3.63, 3.8) is 0 Å². The lowest BCUT2D eigenvalue weighted by Crippen LogP contribution is -2.34. The van der Waals surface area contributed by atoms with Crippen LogP contribution in [0.3, 0.4) is 0 Å². The molecule has 3 heterocycles. The van der Waals surface area contributed by atoms with Crippen LogP contribution in [-0.4, -0.2) is 54.3 Å². The molecule has 1 saturated heterocycles. The van der Waals surface area contributed by atoms with Gasteiger partial charge in [-0.2, -0.15) is 0 Å². The van der Waals surface area contributed by atoms with Gasteiger partial charge < -0.3 is 15.1 Å². The Labute approximate surface area is 154 Å². The first kappa shape index (κ1) is 18.4. The van der Waals surface area contributed by atoms with Crippen LogP contribution in [0.15, 0.2) is 6.07 Å². The normalized spacial score (nSPS) is 18.0. The number of rotatable bonds is 6. The molecule has 3 rings (SSSR count). The molecular formula is C19H29N3O2S. The van der Waals surface area contributed by atoms with Crippen LogP contribution < -0.4 is 5.32 Å². The summed E-state index contributed by atoms with van der Waals surface area (Å²) in [4.78, 5) is 30.7. The number of nitrogens with zero attached hydrogens (tertiary/aromatic N) is 2. The largest absolute Gasteiger partial charge is 0.351 e. The summed E-state index contributed by atoms with van der Waals surface area (Å²) >= 11 is 1.59. The van der Waals surface area contributed by atoms with E-state index in [0.29, 0.717) is 13.0 Å². The molecule has 0 saturated carbocycles. The number of nitrogens with one attached hydrogen (secondary N) is 1. The average Bonchev–Trinajstić information content (AvgIpc) is 3.08. The molecule has 0 aliphatic carbocycles. The van der Waals surface area contributed by atoms with Crippen LogP contribution in [0.25, 0.3) is 0 Å². The standard InChI is InChI=1S/C19H29N3O2S/c1-2-18(23)22-12-7-16-15(14-22)13-17(25-16)19(24)20-8-6-11-21-9-4-3-5-10-21/h13H,2-12,14H2,1H3,(H,20,24). The van der Waals surface area contributed by atoms with Crippen molar-refractivity contribution in [2.75, 3.05) is 32.7 Å². The minimum atomic E-state index is 0.0337. The minimum absolute atomic E-state index is 0.0337. The topological polar surface area (TPSA) is 52.7 Å². The van der Waals surface area contributed by atoms with Gasteiger partial charge in [0.1, 0.15) is 0 Å². The Hall–Kier alpha value is -1.40. The van der Waals surface area contributed by atoms with Gasteiger partial charge in [0.05, 0.1) is 4.88 Å². The molecule has 1 N–H and O–H groups in total. The van der Waals surface area contributed by atoms with E-state index < -0.39 is 0 Å². The Morgan fingerprint density at radius 2 is 2.00 bits per heavy atom. The maximum absolute atomic E-state index is 12.4. The summed E-state index contributed by atoms with van der Waals surface area (Å²) in [7, 11) is 0. The molecule has 2 amide bonds. The second kappa shape index (κ2) is 8.81. The first-order valence-corrected chi connectivity index (χ1v) is 10.4. The molecule has 0 atom stereocenters. The molecule has 1 aromatic heterocycles. The van der Waals surface area contributed by atoms with Gasteiger partial charge in [-0.1, -0.05) is 13.3 Å². The van der Waals surface area contributed by atoms with Gasteiger partial charge in [0.25, 0.3) is 5.91 Å². The van der Waals surface area contributed by atoms with E-state index in [1.165, 1.54) is 37.2 Å². The Kier molecular flexibility index (Phi) is 6.48. The Morgan fingerprint density at radius 3 is 2.76 bits per heavy atom. The van der Waals surface area contributed by atoms with Crippen molar-refractivity contribution in [2.24, 2.45) is 0 Å². The lowest BCUT2D eigenvalue weighted by Gasteiger charge is -2.26. The number of likely N-dealkylation sites (tertiary alicyclic amines) is 1. The second-order valence-electron chi connectivity index (χ2n) is 6.99. The van der Waals surface area contributed by atoms with Crippen molar-refractivity contribution in [1.29, 1.82) is 0 Å². The van der Waals surface area contributed by atoms with Gasteiger partial charge in [0.15, 0.2) is 0 Å². The van der Waals surface area contributed by atoms with E-state index in [2.05, 4.69) is 10.2 Å². The first-order valence-electron chi connectivity index (χ1n) is 9.57. The first-order chi connectivity index (χ1) is 12.2. The number of thiophene rings is 1. The molecule has 138 valence electrons. The zero-order valence-electron chi connectivity index (χ0n) is 15.2. The van der Waals surface area contributed by atoms with Crippen molar-refractivity contribution >= 4 is 23.2 Å². The van der Waals surface area contributed by atoms with E-state index in [-0.39, 0.29) is 11.8 Å². The minimum Gasteiger partial charge on any atom is -0.351 e. The van der Waals surface area contributed by atoms with E-state index in [9.17, 15) is 9.59 Å². The van der Waals surface area contributed by atoms with Gasteiger partial charge in [-0.25, -0.2) is 0 Å². The third-order valence-corrected chi connectivity index (χ3v) is 6.37. The van der Waals surface area contributed by atoms with Crippen molar-refractivity contribution in [3.8, 4) is 0 Å². The predicted octanol–water partition coefficient (Wildman–Crippen LogP) is 2.65. The fraction of sp³-hybridized carbons (Fsp3) is 0.684. The van der Waals surface area contributed by atoms with E-state index in [0.717, 1.165) is 42.9 Å². The monoisotopic (exact) mass is 363 g/mol. The number of carbonyl (C=O) groups excluding carboxylic acids is 2. The lowest BCUT2D eigenvalue weighted by atomic mass is 10.1. The van der Waals surface area contributed by atoms with Gasteiger partial charge in [0, 0.05) is 30.9 Å². The molecule has 0 bridgehead atoms. The van der Waals surface area contributed by atoms with Crippen LogP contribution >= 0.6 is 11.3 Å². The maximum Gasteiger partial charge on any atom is 0.261 e. The van der Waals surface area contributed by atoms with Gasteiger partial charge >= 0.3 is 0 Å². The Morgan fingerprint density at radius 1 is 1.20 bits per heavy atom. The fourth-order valence-corrected chi connectivity index (χ4v) is 4.74. The Bertz CT molecular complexity index is 608. The van der Waals surface area contributed by atoms with Crippen LogP contribution in [0.1, 0.15) is 59.1 Å². The van der Waals surface area contributed by atoms with Crippen molar-refractivity contribution in [2.45, 2.75) is 52.0 Å². The van der Waals surface area contributed by atoms with E-state index in [4.69, 9.17) is 0 Å². The highest BCUT2D eigenvalue weighted by Crippen LogP contribution is 2.28. The van der Waals surface area contributed by atoms with E-state index in [1.807, 2.05) is 17.9 Å². The van der Waals surface area contributed by atoms with Crippen LogP contribution in [0.4, 0.5) is 0 Å². The van der Waals surface area contributed by atoms with Crippen molar-refractivity contribution in [1.82, 2.24) is 15.1 Å². The van der Waals surface area contributed by atoms with Gasteiger partial charge in [-0.15, -0.1) is 11.3 Å². The van der Waals surface area contributed by atoms with Gasteiger partial charge in [0.2, 0.25) is 5.91 Å². The summed E-state index contributed by atoms with van der Waals surface area (Å²) in [6.45, 7) is 7.55. The molecule has 2 aliphatic rings. The summed E-state index contributed by atoms with van der Waals surface area (Å²) in [5.41, 5.74) is 1.15. The van der Waals surface area contributed by atoms with Crippen LogP contribution in [0, 0.1) is 0 Å². The summed E-state index contributed by atoms with van der Waals surface area (Å²) in [6, 6.07) is 1.98. The number of amides is 2. The Balaban J connectivity index is 1.45. The quantitative estimate of drug-likeness (QED) is 0.791. The summed E-state index contributed by atoms with van der Waals surface area (Å²) < 4.78 is 0. The number of hydrogen-bond donors (Lipinski definition) is 1. The molecule has 0 unspecified atom stereocenters. The number of piperidine rings is 1. The predicted molar refractivity (Wildman–Crippen MR) is 101 cm³/mol. The summed E-state index contributed by atoms with van der Waals surface area (Å²) in [6.07, 6.45) is 6.40. The molecule has 0 spiro atoms. The smallest absolute Gasteiger partial charge is 0.261 e. The van der Waals surface area contributed by atoms with Crippen molar-refractivity contribution < 1.29 is 9.59 Å². The maximum atomic E-state index is 12.4. The molecule has 6 heteroatoms. The summed E-state index contributed by atoms with van der Waals surface area (Å²) in [5.74, 6) is 0.229. The SMILES string of the molecule is CCC(=O)N1CCc2sc(C(=O)NCCCN3CCCCC3)cc2C1. The van der Waals surface area contributed by atoms with E-state index >= 15 is 0 Å². The van der Waals surface area contributed by atoms with Crippen LogP contribution in [0.5, 0.6) is 0 Å². The van der Waals surface area contributed by atoms with Gasteiger partial charge in [-0.3, -0.25) is 9.59 Å². The van der Waals surface area contributed by atoms with Gasteiger partial charge in [-0.05, 0) is 56.9 Å². The zero-order valence-corrected chi connectivity index (χ0v) is 16.0. The third-order valence-electron chi connectivity index (χ3n) is 5.13. The fourth-order valence-electron chi connectivity index (χ4n) is 3.66. The highest BCUT2D eigenvalue weighted by atomic mass is 32.1. The van der Waals surface area contributed by atoms with Crippen LogP contribution in [-0.2, 0) is 17.8 Å². The molecule has 2 aliphatic heterocycles. The summed E-state index contributed by atoms with van der Waals surface area (Å²) in [5, 5.41) is 3.06. The third kappa shape index (κ3) is 4.82. The second-order valence-corrected chi connectivity index (χ2v) is 8.13. The average molecular weight is 364 g/mol. The lowest BCUT2D eigenvalue weighted by molar-refractivity contribution is -0.131. The zero-order chi connectivity index (χ0) is 17.6.